The lowest BCUT2D eigenvalue weighted by Crippen LogP contribution is -2.51. The van der Waals surface area contributed by atoms with E-state index in [0.717, 1.165) is 79.9 Å². The number of amides is 2. The van der Waals surface area contributed by atoms with Crippen molar-refractivity contribution in [2.24, 2.45) is 0 Å². The minimum atomic E-state index is -0.0762. The topological polar surface area (TPSA) is 103 Å². The normalized spacial score (nSPS) is 16.7. The smallest absolute Gasteiger partial charge is 0.238 e. The first-order chi connectivity index (χ1) is 19.0. The van der Waals surface area contributed by atoms with Crippen LogP contribution in [0.1, 0.15) is 19.3 Å². The predicted octanol–water partition coefficient (Wildman–Crippen LogP) is 2.92. The lowest BCUT2D eigenvalue weighted by molar-refractivity contribution is -0.134. The van der Waals surface area contributed by atoms with Crippen molar-refractivity contribution >= 4 is 34.2 Å². The number of likely N-dealkylation sites (tertiary alicyclic amines) is 1. The molecule has 0 atom stereocenters. The Hall–Kier alpha value is -3.76. The molecule has 2 aromatic carbocycles. The van der Waals surface area contributed by atoms with Crippen molar-refractivity contribution in [3.8, 4) is 17.0 Å². The Morgan fingerprint density at radius 1 is 0.923 bits per heavy atom. The maximum absolute atomic E-state index is 13.2. The van der Waals surface area contributed by atoms with Gasteiger partial charge in [0, 0.05) is 69.2 Å². The van der Waals surface area contributed by atoms with Gasteiger partial charge < -0.3 is 20.3 Å². The van der Waals surface area contributed by atoms with Crippen molar-refractivity contribution in [1.29, 1.82) is 0 Å². The van der Waals surface area contributed by atoms with Crippen molar-refractivity contribution in [3.05, 3.63) is 42.6 Å². The summed E-state index contributed by atoms with van der Waals surface area (Å²) in [5.41, 5.74) is 2.36. The number of nitrogens with zero attached hydrogens (tertiary/aromatic N) is 5. The number of carbonyl (C=O) groups excluding carboxylic acids is 2. The number of aromatic nitrogens is 2. The molecule has 206 valence electrons. The Balaban J connectivity index is 1.25. The van der Waals surface area contributed by atoms with Crippen LogP contribution in [0.5, 0.6) is 5.75 Å². The van der Waals surface area contributed by atoms with Crippen molar-refractivity contribution in [2.45, 2.75) is 19.3 Å². The van der Waals surface area contributed by atoms with E-state index in [1.807, 2.05) is 35.2 Å². The molecule has 0 radical (unpaired) electrons. The molecule has 3 aromatic rings. The highest BCUT2D eigenvalue weighted by atomic mass is 16.5. The van der Waals surface area contributed by atoms with Gasteiger partial charge in [-0.25, -0.2) is 9.97 Å². The van der Waals surface area contributed by atoms with Gasteiger partial charge in [-0.3, -0.25) is 19.4 Å². The quantitative estimate of drug-likeness (QED) is 0.458. The van der Waals surface area contributed by atoms with Crippen LogP contribution >= 0.6 is 0 Å². The number of nitrogens with one attached hydrogen (secondary N) is 2. The Labute approximate surface area is 229 Å². The summed E-state index contributed by atoms with van der Waals surface area (Å²) < 4.78 is 5.44. The average Bonchev–Trinajstić information content (AvgIpc) is 2.98. The fourth-order valence-electron chi connectivity index (χ4n) is 5.29. The monoisotopic (exact) mass is 531 g/mol. The molecule has 5 rings (SSSR count). The number of fused-ring (bicyclic) bond motifs is 1. The van der Waals surface area contributed by atoms with Crippen LogP contribution in [0.25, 0.3) is 22.0 Å². The molecule has 2 saturated heterocycles. The second-order valence-corrected chi connectivity index (χ2v) is 10.2. The zero-order chi connectivity index (χ0) is 27.2. The Kier molecular flexibility index (Phi) is 8.53. The average molecular weight is 532 g/mol. The Morgan fingerprint density at radius 3 is 2.38 bits per heavy atom. The molecule has 3 heterocycles. The number of piperidine rings is 1. The summed E-state index contributed by atoms with van der Waals surface area (Å²) in [5, 5.41) is 7.98. The van der Waals surface area contributed by atoms with Crippen molar-refractivity contribution in [2.75, 3.05) is 77.1 Å². The van der Waals surface area contributed by atoms with Crippen molar-refractivity contribution < 1.29 is 14.3 Å². The number of hydrogen-bond acceptors (Lipinski definition) is 8. The van der Waals surface area contributed by atoms with Crippen molar-refractivity contribution in [3.63, 3.8) is 0 Å². The number of carbonyl (C=O) groups is 2. The van der Waals surface area contributed by atoms with Crippen LogP contribution in [0.2, 0.25) is 0 Å². The number of rotatable bonds is 8. The largest absolute Gasteiger partial charge is 0.497 e. The van der Waals surface area contributed by atoms with Gasteiger partial charge in [0.25, 0.3) is 0 Å². The van der Waals surface area contributed by atoms with Gasteiger partial charge in [-0.05, 0) is 55.0 Å². The molecule has 2 fully saturated rings. The maximum Gasteiger partial charge on any atom is 0.238 e. The number of methoxy groups -OCH3 is 1. The van der Waals surface area contributed by atoms with E-state index in [2.05, 4.69) is 36.5 Å². The van der Waals surface area contributed by atoms with Gasteiger partial charge in [0.1, 0.15) is 5.75 Å². The van der Waals surface area contributed by atoms with Gasteiger partial charge >= 0.3 is 0 Å². The standard InChI is InChI=1S/C29H37N7O3/c1-30-29-31-9-8-25(33-29)22-16-21-6-7-23(39-2)18-24(21)26(17-22)32-27(37)19-34-12-14-35(15-13-34)20-28(38)36-10-4-3-5-11-36/h6-9,16-18H,3-5,10-15,19-20H2,1-2H3,(H,32,37)(H,30,31,33). The third-order valence-corrected chi connectivity index (χ3v) is 7.51. The molecule has 0 bridgehead atoms. The number of anilines is 2. The van der Waals surface area contributed by atoms with Crippen LogP contribution in [0.3, 0.4) is 0 Å². The zero-order valence-electron chi connectivity index (χ0n) is 22.8. The lowest BCUT2D eigenvalue weighted by Gasteiger charge is -2.35. The molecule has 39 heavy (non-hydrogen) atoms. The molecule has 1 aromatic heterocycles. The predicted molar refractivity (Wildman–Crippen MR) is 153 cm³/mol. The molecule has 0 saturated carbocycles. The Morgan fingerprint density at radius 2 is 1.67 bits per heavy atom. The van der Waals surface area contributed by atoms with Gasteiger partial charge in [0.05, 0.1) is 25.9 Å². The highest BCUT2D eigenvalue weighted by Gasteiger charge is 2.24. The zero-order valence-corrected chi connectivity index (χ0v) is 22.8. The molecule has 10 heteroatoms. The van der Waals surface area contributed by atoms with E-state index < -0.39 is 0 Å². The van der Waals surface area contributed by atoms with Gasteiger partial charge in [0.2, 0.25) is 17.8 Å². The van der Waals surface area contributed by atoms with E-state index >= 15 is 0 Å². The molecule has 2 N–H and O–H groups in total. The fraction of sp³-hybridized carbons (Fsp3) is 0.448. The molecule has 10 nitrogen and oxygen atoms in total. The van der Waals surface area contributed by atoms with Gasteiger partial charge in [0.15, 0.2) is 0 Å². The van der Waals surface area contributed by atoms with E-state index in [9.17, 15) is 9.59 Å². The van der Waals surface area contributed by atoms with Crippen LogP contribution in [0.4, 0.5) is 11.6 Å². The summed E-state index contributed by atoms with van der Waals surface area (Å²) in [6.45, 7) is 5.60. The van der Waals surface area contributed by atoms with E-state index in [4.69, 9.17) is 4.74 Å². The second kappa shape index (κ2) is 12.4. The SMILES string of the molecule is CNc1nccc(-c2cc(NC(=O)CN3CCN(CC(=O)N4CCCCC4)CC3)c3cc(OC)ccc3c2)n1. The summed E-state index contributed by atoms with van der Waals surface area (Å²) in [6, 6.07) is 11.7. The van der Waals surface area contributed by atoms with Gasteiger partial charge in [-0.15, -0.1) is 0 Å². The summed E-state index contributed by atoms with van der Waals surface area (Å²) in [5.74, 6) is 1.41. The number of piperazine rings is 1. The molecule has 2 amide bonds. The first-order valence-corrected chi connectivity index (χ1v) is 13.7. The van der Waals surface area contributed by atoms with Crippen LogP contribution < -0.4 is 15.4 Å². The summed E-state index contributed by atoms with van der Waals surface area (Å²) in [4.78, 5) is 41.0. The molecular weight excluding hydrogens is 494 g/mol. The van der Waals surface area contributed by atoms with Crippen molar-refractivity contribution in [1.82, 2.24) is 24.7 Å². The molecule has 0 aliphatic carbocycles. The molecule has 2 aliphatic rings. The van der Waals surface area contributed by atoms with E-state index in [1.54, 1.807) is 20.4 Å². The molecule has 2 aliphatic heterocycles. The minimum absolute atomic E-state index is 0.0762. The van der Waals surface area contributed by atoms with Gasteiger partial charge in [-0.2, -0.15) is 0 Å². The van der Waals surface area contributed by atoms with Crippen LogP contribution in [0.15, 0.2) is 42.6 Å². The van der Waals surface area contributed by atoms with Gasteiger partial charge in [-0.1, -0.05) is 6.07 Å². The second-order valence-electron chi connectivity index (χ2n) is 10.2. The number of ether oxygens (including phenoxy) is 1. The highest BCUT2D eigenvalue weighted by Crippen LogP contribution is 2.33. The van der Waals surface area contributed by atoms with Crippen LogP contribution in [-0.2, 0) is 9.59 Å². The number of benzene rings is 2. The van der Waals surface area contributed by atoms with Crippen LogP contribution in [-0.4, -0.2) is 103 Å². The summed E-state index contributed by atoms with van der Waals surface area (Å²) in [6.07, 6.45) is 5.14. The molecule has 0 unspecified atom stereocenters. The van der Waals surface area contributed by atoms with E-state index in [0.29, 0.717) is 24.7 Å². The van der Waals surface area contributed by atoms with E-state index in [-0.39, 0.29) is 11.8 Å². The first-order valence-electron chi connectivity index (χ1n) is 13.7. The summed E-state index contributed by atoms with van der Waals surface area (Å²) >= 11 is 0. The number of hydrogen-bond donors (Lipinski definition) is 2. The summed E-state index contributed by atoms with van der Waals surface area (Å²) in [7, 11) is 3.41. The van der Waals surface area contributed by atoms with Crippen LogP contribution in [0, 0.1) is 0 Å². The lowest BCUT2D eigenvalue weighted by atomic mass is 10.0. The third-order valence-electron chi connectivity index (χ3n) is 7.51. The fourth-order valence-corrected chi connectivity index (χ4v) is 5.29. The van der Waals surface area contributed by atoms with E-state index in [1.165, 1.54) is 6.42 Å². The highest BCUT2D eigenvalue weighted by molar-refractivity contribution is 6.05. The first kappa shape index (κ1) is 26.8. The molecular formula is C29H37N7O3. The minimum Gasteiger partial charge on any atom is -0.497 e. The molecule has 0 spiro atoms. The Bertz CT molecular complexity index is 1320. The third kappa shape index (κ3) is 6.63. The maximum atomic E-state index is 13.2.